The molecule has 0 fully saturated rings. The molecular weight excluding hydrogens is 263 g/mol. The lowest BCUT2D eigenvalue weighted by atomic mass is 9.64. The van der Waals surface area contributed by atoms with Crippen molar-refractivity contribution in [3.63, 3.8) is 0 Å². The second-order valence-electron chi connectivity index (χ2n) is 5.49. The highest BCUT2D eigenvalue weighted by Crippen LogP contribution is 2.45. The molecule has 1 aliphatic carbocycles. The molecule has 0 amide bonds. The number of ketones is 1. The molecule has 2 atom stereocenters. The number of halogens is 1. The van der Waals surface area contributed by atoms with Gasteiger partial charge in [0.05, 0.1) is 6.67 Å². The lowest BCUT2D eigenvalue weighted by molar-refractivity contribution is -0.131. The van der Waals surface area contributed by atoms with E-state index < -0.39 is 23.7 Å². The summed E-state index contributed by atoms with van der Waals surface area (Å²) < 4.78 is 13.4. The molecule has 1 aliphatic rings. The van der Waals surface area contributed by atoms with Crippen LogP contribution in [-0.2, 0) is 9.59 Å². The summed E-state index contributed by atoms with van der Waals surface area (Å²) in [5, 5.41) is 19.4. The Balaban J connectivity index is 3.22. The number of aliphatic hydroxyl groups is 1. The first-order valence-electron chi connectivity index (χ1n) is 6.25. The van der Waals surface area contributed by atoms with E-state index in [1.807, 2.05) is 0 Å². The zero-order chi connectivity index (χ0) is 15.6. The zero-order valence-corrected chi connectivity index (χ0v) is 11.8. The SMILES string of the molecule is CC1=CC(=O)C[C@](C)(CF)[C@]1(O)/C=C/C(C)=C\C(=O)O. The van der Waals surface area contributed by atoms with Gasteiger partial charge in [0.25, 0.3) is 0 Å². The van der Waals surface area contributed by atoms with Crippen LogP contribution in [0.3, 0.4) is 0 Å². The fraction of sp³-hybridized carbons (Fsp3) is 0.467. The lowest BCUT2D eigenvalue weighted by Crippen LogP contribution is -2.51. The second kappa shape index (κ2) is 5.71. The van der Waals surface area contributed by atoms with Crippen molar-refractivity contribution < 1.29 is 24.2 Å². The molecule has 0 aromatic heterocycles. The topological polar surface area (TPSA) is 74.6 Å². The van der Waals surface area contributed by atoms with Gasteiger partial charge in [-0.15, -0.1) is 0 Å². The summed E-state index contributed by atoms with van der Waals surface area (Å²) in [5.74, 6) is -1.32. The Morgan fingerprint density at radius 1 is 1.55 bits per heavy atom. The quantitative estimate of drug-likeness (QED) is 0.612. The van der Waals surface area contributed by atoms with Crippen molar-refractivity contribution in [2.75, 3.05) is 6.67 Å². The third-order valence-corrected chi connectivity index (χ3v) is 3.70. The summed E-state index contributed by atoms with van der Waals surface area (Å²) in [4.78, 5) is 22.1. The Kier molecular flexibility index (Phi) is 4.65. The Labute approximate surface area is 117 Å². The van der Waals surface area contributed by atoms with Crippen molar-refractivity contribution in [2.24, 2.45) is 5.41 Å². The molecule has 4 nitrogen and oxygen atoms in total. The van der Waals surface area contributed by atoms with Crippen LogP contribution in [0.2, 0.25) is 0 Å². The summed E-state index contributed by atoms with van der Waals surface area (Å²) in [6.07, 6.45) is 4.98. The molecule has 0 radical (unpaired) electrons. The zero-order valence-electron chi connectivity index (χ0n) is 11.8. The first-order chi connectivity index (χ1) is 9.14. The van der Waals surface area contributed by atoms with Gasteiger partial charge in [0.1, 0.15) is 5.60 Å². The van der Waals surface area contributed by atoms with E-state index in [1.54, 1.807) is 13.8 Å². The number of alkyl halides is 1. The van der Waals surface area contributed by atoms with E-state index in [-0.39, 0.29) is 12.2 Å². The molecule has 0 saturated carbocycles. The third-order valence-electron chi connectivity index (χ3n) is 3.70. The summed E-state index contributed by atoms with van der Waals surface area (Å²) in [5.41, 5.74) is -2.09. The van der Waals surface area contributed by atoms with Crippen molar-refractivity contribution in [3.05, 3.63) is 35.5 Å². The molecule has 110 valence electrons. The number of aliphatic carboxylic acids is 1. The van der Waals surface area contributed by atoms with E-state index in [4.69, 9.17) is 5.11 Å². The van der Waals surface area contributed by atoms with Crippen molar-refractivity contribution >= 4 is 11.8 Å². The summed E-state index contributed by atoms with van der Waals surface area (Å²) >= 11 is 0. The van der Waals surface area contributed by atoms with Gasteiger partial charge >= 0.3 is 5.97 Å². The molecule has 0 aliphatic heterocycles. The van der Waals surface area contributed by atoms with Crippen LogP contribution in [-0.4, -0.2) is 34.2 Å². The molecule has 0 aromatic carbocycles. The van der Waals surface area contributed by atoms with Crippen LogP contribution in [0.4, 0.5) is 4.39 Å². The molecule has 0 spiro atoms. The lowest BCUT2D eigenvalue weighted by Gasteiger charge is -2.44. The van der Waals surface area contributed by atoms with Gasteiger partial charge < -0.3 is 10.2 Å². The highest BCUT2D eigenvalue weighted by Gasteiger charge is 2.50. The van der Waals surface area contributed by atoms with Crippen molar-refractivity contribution in [3.8, 4) is 0 Å². The van der Waals surface area contributed by atoms with Gasteiger partial charge in [0.2, 0.25) is 0 Å². The first-order valence-corrected chi connectivity index (χ1v) is 6.25. The number of rotatable bonds is 4. The highest BCUT2D eigenvalue weighted by atomic mass is 19.1. The van der Waals surface area contributed by atoms with E-state index in [0.29, 0.717) is 11.1 Å². The van der Waals surface area contributed by atoms with Gasteiger partial charge in [0.15, 0.2) is 5.78 Å². The molecular formula is C15H19FO4. The van der Waals surface area contributed by atoms with Crippen LogP contribution in [0, 0.1) is 5.41 Å². The van der Waals surface area contributed by atoms with Gasteiger partial charge in [-0.05, 0) is 37.1 Å². The predicted octanol–water partition coefficient (Wildman–Crippen LogP) is 2.20. The Morgan fingerprint density at radius 2 is 2.15 bits per heavy atom. The average Bonchev–Trinajstić information content (AvgIpc) is 2.33. The van der Waals surface area contributed by atoms with E-state index in [2.05, 4.69) is 0 Å². The molecule has 0 heterocycles. The maximum Gasteiger partial charge on any atom is 0.328 e. The molecule has 0 bridgehead atoms. The molecule has 1 rings (SSSR count). The number of carbonyl (C=O) groups excluding carboxylic acids is 1. The van der Waals surface area contributed by atoms with Crippen LogP contribution >= 0.6 is 0 Å². The standard InChI is InChI=1S/C15H19FO4/c1-10(6-13(18)19)4-5-15(20)11(2)7-12(17)8-14(15,3)9-16/h4-7,20H,8-9H2,1-3H3,(H,18,19)/b5-4+,10-6-/t14-,15+/m1/s1. The van der Waals surface area contributed by atoms with Crippen molar-refractivity contribution in [1.82, 2.24) is 0 Å². The normalized spacial score (nSPS) is 31.6. The second-order valence-corrected chi connectivity index (χ2v) is 5.49. The average molecular weight is 282 g/mol. The van der Waals surface area contributed by atoms with E-state index >= 15 is 0 Å². The minimum Gasteiger partial charge on any atom is -0.478 e. The number of hydrogen-bond donors (Lipinski definition) is 2. The first kappa shape index (κ1) is 16.3. The van der Waals surface area contributed by atoms with E-state index in [1.165, 1.54) is 25.2 Å². The number of carboxylic acids is 1. The molecule has 0 unspecified atom stereocenters. The smallest absolute Gasteiger partial charge is 0.328 e. The molecule has 2 N–H and O–H groups in total. The number of carboxylic acid groups (broad SMARTS) is 1. The van der Waals surface area contributed by atoms with Gasteiger partial charge in [0, 0.05) is 17.9 Å². The Bertz CT molecular complexity index is 518. The summed E-state index contributed by atoms with van der Waals surface area (Å²) in [6, 6.07) is 0. The maximum absolute atomic E-state index is 13.4. The van der Waals surface area contributed by atoms with Crippen LogP contribution in [0.5, 0.6) is 0 Å². The van der Waals surface area contributed by atoms with Crippen LogP contribution in [0.25, 0.3) is 0 Å². The summed E-state index contributed by atoms with van der Waals surface area (Å²) in [6.45, 7) is 3.77. The number of allylic oxidation sites excluding steroid dienone is 3. The monoisotopic (exact) mass is 282 g/mol. The predicted molar refractivity (Wildman–Crippen MR) is 72.9 cm³/mol. The number of carbonyl (C=O) groups is 2. The molecule has 0 aromatic rings. The van der Waals surface area contributed by atoms with Gasteiger partial charge in [-0.1, -0.05) is 13.0 Å². The fourth-order valence-electron chi connectivity index (χ4n) is 2.37. The summed E-state index contributed by atoms with van der Waals surface area (Å²) in [7, 11) is 0. The van der Waals surface area contributed by atoms with Gasteiger partial charge in [-0.2, -0.15) is 0 Å². The largest absolute Gasteiger partial charge is 0.478 e. The third kappa shape index (κ3) is 3.04. The van der Waals surface area contributed by atoms with E-state index in [9.17, 15) is 19.1 Å². The fourth-order valence-corrected chi connectivity index (χ4v) is 2.37. The Morgan fingerprint density at radius 3 is 2.65 bits per heavy atom. The molecule has 5 heteroatoms. The number of hydrogen-bond acceptors (Lipinski definition) is 3. The Hall–Kier alpha value is -1.75. The van der Waals surface area contributed by atoms with E-state index in [0.717, 1.165) is 6.08 Å². The van der Waals surface area contributed by atoms with Crippen LogP contribution in [0.15, 0.2) is 35.5 Å². The molecule has 0 saturated heterocycles. The maximum atomic E-state index is 13.4. The van der Waals surface area contributed by atoms with Gasteiger partial charge in [-0.25, -0.2) is 4.79 Å². The highest BCUT2D eigenvalue weighted by molar-refractivity contribution is 5.93. The molecule has 20 heavy (non-hydrogen) atoms. The van der Waals surface area contributed by atoms with Crippen LogP contribution < -0.4 is 0 Å². The minimum atomic E-state index is -1.61. The van der Waals surface area contributed by atoms with Crippen molar-refractivity contribution in [1.29, 1.82) is 0 Å². The van der Waals surface area contributed by atoms with Crippen molar-refractivity contribution in [2.45, 2.75) is 32.8 Å². The minimum absolute atomic E-state index is 0.0939. The van der Waals surface area contributed by atoms with Crippen LogP contribution in [0.1, 0.15) is 27.2 Å². The van der Waals surface area contributed by atoms with Gasteiger partial charge in [-0.3, -0.25) is 9.18 Å².